The lowest BCUT2D eigenvalue weighted by Crippen LogP contribution is -2.39. The van der Waals surface area contributed by atoms with Crippen LogP contribution in [0.2, 0.25) is 0 Å². The summed E-state index contributed by atoms with van der Waals surface area (Å²) < 4.78 is 11.3. The van der Waals surface area contributed by atoms with Gasteiger partial charge in [0.25, 0.3) is 0 Å². The van der Waals surface area contributed by atoms with Crippen molar-refractivity contribution in [2.75, 3.05) is 38.2 Å². The average molecular weight is 348 g/mol. The minimum atomic E-state index is -0.100. The molecule has 1 aromatic carbocycles. The second kappa shape index (κ2) is 10.6. The number of nitrogens with one attached hydrogen (secondary N) is 3. The van der Waals surface area contributed by atoms with Crippen LogP contribution in [0.3, 0.4) is 0 Å². The van der Waals surface area contributed by atoms with E-state index in [4.69, 9.17) is 9.47 Å². The number of hydrogen-bond donors (Lipinski definition) is 3. The number of carbonyl (C=O) groups excluding carboxylic acids is 1. The zero-order valence-corrected chi connectivity index (χ0v) is 15.0. The highest BCUT2D eigenvalue weighted by atomic mass is 16.5. The molecule has 1 saturated heterocycles. The molecule has 7 nitrogen and oxygen atoms in total. The summed E-state index contributed by atoms with van der Waals surface area (Å²) >= 11 is 0. The summed E-state index contributed by atoms with van der Waals surface area (Å²) in [6, 6.07) is 7.34. The number of benzene rings is 1. The highest BCUT2D eigenvalue weighted by Gasteiger charge is 2.14. The lowest BCUT2D eigenvalue weighted by atomic mass is 10.2. The van der Waals surface area contributed by atoms with Crippen molar-refractivity contribution in [2.45, 2.75) is 32.8 Å². The first kappa shape index (κ1) is 19.1. The molecule has 7 heteroatoms. The third kappa shape index (κ3) is 7.43. The molecule has 1 heterocycles. The van der Waals surface area contributed by atoms with Gasteiger partial charge in [0.05, 0.1) is 19.2 Å². The van der Waals surface area contributed by atoms with Crippen molar-refractivity contribution < 1.29 is 14.3 Å². The van der Waals surface area contributed by atoms with Gasteiger partial charge in [0.1, 0.15) is 12.4 Å². The molecule has 1 aromatic rings. The second-order valence-corrected chi connectivity index (χ2v) is 5.84. The van der Waals surface area contributed by atoms with Gasteiger partial charge in [-0.25, -0.2) is 0 Å². The summed E-state index contributed by atoms with van der Waals surface area (Å²) in [6.45, 7) is 6.96. The summed E-state index contributed by atoms with van der Waals surface area (Å²) in [6.07, 6.45) is 2.44. The summed E-state index contributed by atoms with van der Waals surface area (Å²) in [4.78, 5) is 15.6. The zero-order valence-electron chi connectivity index (χ0n) is 15.0. The van der Waals surface area contributed by atoms with Gasteiger partial charge in [-0.3, -0.25) is 9.79 Å². The number of nitrogens with zero attached hydrogens (tertiary/aromatic N) is 1. The number of aliphatic imine (C=N–C) groups is 1. The first-order valence-electron chi connectivity index (χ1n) is 8.81. The normalized spacial score (nSPS) is 17.2. The highest BCUT2D eigenvalue weighted by Crippen LogP contribution is 2.17. The van der Waals surface area contributed by atoms with E-state index in [9.17, 15) is 4.79 Å². The number of anilines is 1. The fraction of sp³-hybridized carbons (Fsp3) is 0.556. The Morgan fingerprint density at radius 1 is 1.40 bits per heavy atom. The van der Waals surface area contributed by atoms with E-state index >= 15 is 0 Å². The van der Waals surface area contributed by atoms with Crippen molar-refractivity contribution in [1.29, 1.82) is 0 Å². The third-order valence-electron chi connectivity index (χ3n) is 3.64. The van der Waals surface area contributed by atoms with Crippen LogP contribution < -0.4 is 20.7 Å². The van der Waals surface area contributed by atoms with Crippen molar-refractivity contribution >= 4 is 17.6 Å². The van der Waals surface area contributed by atoms with Gasteiger partial charge in [-0.1, -0.05) is 6.07 Å². The Kier molecular flexibility index (Phi) is 8.04. The number of carbonyl (C=O) groups is 1. The van der Waals surface area contributed by atoms with Gasteiger partial charge < -0.3 is 25.4 Å². The molecule has 0 aromatic heterocycles. The summed E-state index contributed by atoms with van der Waals surface area (Å²) in [5.74, 6) is 1.39. The van der Waals surface area contributed by atoms with Crippen molar-refractivity contribution in [3.05, 3.63) is 24.3 Å². The van der Waals surface area contributed by atoms with E-state index in [1.165, 1.54) is 6.92 Å². The molecule has 1 atom stereocenters. The van der Waals surface area contributed by atoms with E-state index in [1.807, 2.05) is 25.1 Å². The summed E-state index contributed by atoms with van der Waals surface area (Å²) in [5.41, 5.74) is 0.726. The first-order valence-corrected chi connectivity index (χ1v) is 8.81. The maximum atomic E-state index is 11.1. The van der Waals surface area contributed by atoms with Crippen LogP contribution >= 0.6 is 0 Å². The van der Waals surface area contributed by atoms with Crippen LogP contribution in [0.1, 0.15) is 26.7 Å². The minimum absolute atomic E-state index is 0.100. The van der Waals surface area contributed by atoms with Crippen molar-refractivity contribution in [1.82, 2.24) is 10.6 Å². The number of guanidine groups is 1. The largest absolute Gasteiger partial charge is 0.492 e. The topological polar surface area (TPSA) is 84.0 Å². The van der Waals surface area contributed by atoms with Crippen LogP contribution in [0.25, 0.3) is 0 Å². The van der Waals surface area contributed by atoms with E-state index in [2.05, 4.69) is 20.9 Å². The van der Waals surface area contributed by atoms with Gasteiger partial charge in [0.2, 0.25) is 5.91 Å². The molecule has 25 heavy (non-hydrogen) atoms. The van der Waals surface area contributed by atoms with Crippen LogP contribution in [0, 0.1) is 0 Å². The van der Waals surface area contributed by atoms with Gasteiger partial charge >= 0.3 is 0 Å². The smallest absolute Gasteiger partial charge is 0.221 e. The number of rotatable bonds is 8. The fourth-order valence-electron chi connectivity index (χ4n) is 2.53. The quantitative estimate of drug-likeness (QED) is 0.379. The second-order valence-electron chi connectivity index (χ2n) is 5.84. The van der Waals surface area contributed by atoms with E-state index in [-0.39, 0.29) is 12.0 Å². The maximum absolute atomic E-state index is 11.1. The van der Waals surface area contributed by atoms with E-state index in [0.29, 0.717) is 25.4 Å². The van der Waals surface area contributed by atoms with Gasteiger partial charge in [-0.05, 0) is 31.9 Å². The Labute approximate surface area is 149 Å². The fourth-order valence-corrected chi connectivity index (χ4v) is 2.53. The Bertz CT molecular complexity index is 571. The molecule has 1 aliphatic rings. The molecule has 0 aliphatic carbocycles. The number of hydrogen-bond acceptors (Lipinski definition) is 4. The molecule has 2 rings (SSSR count). The molecule has 1 unspecified atom stereocenters. The molecular weight excluding hydrogens is 320 g/mol. The molecule has 0 radical (unpaired) electrons. The van der Waals surface area contributed by atoms with Crippen molar-refractivity contribution in [3.63, 3.8) is 0 Å². The number of ether oxygens (including phenoxy) is 2. The van der Waals surface area contributed by atoms with Gasteiger partial charge in [0.15, 0.2) is 5.96 Å². The molecule has 138 valence electrons. The predicted octanol–water partition coefficient (Wildman–Crippen LogP) is 1.76. The molecule has 0 spiro atoms. The lowest BCUT2D eigenvalue weighted by Gasteiger charge is -2.13. The standard InChI is InChI=1S/C18H28N4O3/c1-3-19-18(21-13-17-8-5-10-24-17)20-9-11-25-16-7-4-6-15(12-16)22-14(2)23/h4,6-7,12,17H,3,5,8-11,13H2,1-2H3,(H,22,23)(H2,19,20,21). The van der Waals surface area contributed by atoms with E-state index in [1.54, 1.807) is 6.07 Å². The molecule has 3 N–H and O–H groups in total. The first-order chi connectivity index (χ1) is 12.2. The monoisotopic (exact) mass is 348 g/mol. The average Bonchev–Trinajstić information content (AvgIpc) is 3.09. The molecular formula is C18H28N4O3. The van der Waals surface area contributed by atoms with Crippen molar-refractivity contribution in [3.8, 4) is 5.75 Å². The lowest BCUT2D eigenvalue weighted by molar-refractivity contribution is -0.114. The van der Waals surface area contributed by atoms with Gasteiger partial charge in [0, 0.05) is 31.8 Å². The van der Waals surface area contributed by atoms with Crippen LogP contribution in [-0.2, 0) is 9.53 Å². The third-order valence-corrected chi connectivity index (χ3v) is 3.64. The van der Waals surface area contributed by atoms with Gasteiger partial charge in [-0.15, -0.1) is 0 Å². The Morgan fingerprint density at radius 3 is 3.00 bits per heavy atom. The summed E-state index contributed by atoms with van der Waals surface area (Å²) in [5, 5.41) is 9.20. The van der Waals surface area contributed by atoms with E-state index in [0.717, 1.165) is 37.6 Å². The minimum Gasteiger partial charge on any atom is -0.492 e. The number of amides is 1. The van der Waals surface area contributed by atoms with Crippen LogP contribution in [0.15, 0.2) is 29.3 Å². The molecule has 1 aliphatic heterocycles. The zero-order chi connectivity index (χ0) is 17.9. The SMILES string of the molecule is CCNC(=NCC1CCCO1)NCCOc1cccc(NC(C)=O)c1. The Hall–Kier alpha value is -2.28. The Balaban J connectivity index is 1.73. The van der Waals surface area contributed by atoms with Crippen molar-refractivity contribution in [2.24, 2.45) is 4.99 Å². The van der Waals surface area contributed by atoms with Crippen LogP contribution in [0.5, 0.6) is 5.75 Å². The Morgan fingerprint density at radius 2 is 2.28 bits per heavy atom. The van der Waals surface area contributed by atoms with E-state index < -0.39 is 0 Å². The molecule has 1 amide bonds. The summed E-state index contributed by atoms with van der Waals surface area (Å²) in [7, 11) is 0. The molecule has 0 saturated carbocycles. The van der Waals surface area contributed by atoms with Gasteiger partial charge in [-0.2, -0.15) is 0 Å². The maximum Gasteiger partial charge on any atom is 0.221 e. The van der Waals surface area contributed by atoms with Crippen LogP contribution in [-0.4, -0.2) is 50.8 Å². The predicted molar refractivity (Wildman–Crippen MR) is 99.2 cm³/mol. The highest BCUT2D eigenvalue weighted by molar-refractivity contribution is 5.88. The van der Waals surface area contributed by atoms with Crippen LogP contribution in [0.4, 0.5) is 5.69 Å². The molecule has 0 bridgehead atoms. The molecule has 1 fully saturated rings.